The van der Waals surface area contributed by atoms with E-state index in [2.05, 4.69) is 4.90 Å². The molecule has 3 rings (SSSR count). The van der Waals surface area contributed by atoms with E-state index in [0.29, 0.717) is 25.0 Å². The van der Waals surface area contributed by atoms with Gasteiger partial charge in [-0.3, -0.25) is 14.5 Å². The quantitative estimate of drug-likeness (QED) is 0.726. The van der Waals surface area contributed by atoms with Gasteiger partial charge in [0.05, 0.1) is 0 Å². The SMILES string of the molecule is O=COCN1CC2CC(C1)c1cccc(=O)n1C2. The van der Waals surface area contributed by atoms with E-state index in [1.54, 1.807) is 6.07 Å². The molecule has 2 bridgehead atoms. The minimum Gasteiger partial charge on any atom is -0.452 e. The van der Waals surface area contributed by atoms with E-state index in [0.717, 1.165) is 31.7 Å². The van der Waals surface area contributed by atoms with Crippen molar-refractivity contribution in [2.45, 2.75) is 18.9 Å². The molecular formula is C13H16N2O3. The third kappa shape index (κ3) is 1.95. The van der Waals surface area contributed by atoms with Gasteiger partial charge in [0.2, 0.25) is 0 Å². The van der Waals surface area contributed by atoms with Crippen molar-refractivity contribution < 1.29 is 9.53 Å². The van der Waals surface area contributed by atoms with Crippen molar-refractivity contribution in [2.24, 2.45) is 5.92 Å². The van der Waals surface area contributed by atoms with Gasteiger partial charge in [0.15, 0.2) is 0 Å². The third-order valence-electron chi connectivity index (χ3n) is 3.88. The first-order valence-corrected chi connectivity index (χ1v) is 6.25. The Balaban J connectivity index is 1.85. The summed E-state index contributed by atoms with van der Waals surface area (Å²) in [6, 6.07) is 5.49. The molecule has 0 N–H and O–H groups in total. The van der Waals surface area contributed by atoms with Crippen LogP contribution in [0.3, 0.4) is 0 Å². The predicted molar refractivity (Wildman–Crippen MR) is 65.1 cm³/mol. The molecule has 0 radical (unpaired) electrons. The Morgan fingerprint density at radius 1 is 1.33 bits per heavy atom. The zero-order valence-electron chi connectivity index (χ0n) is 10.1. The number of ether oxygens (including phenoxy) is 1. The van der Waals surface area contributed by atoms with Crippen LogP contribution in [0.1, 0.15) is 18.0 Å². The average molecular weight is 248 g/mol. The second-order valence-corrected chi connectivity index (χ2v) is 5.13. The Morgan fingerprint density at radius 2 is 2.22 bits per heavy atom. The van der Waals surface area contributed by atoms with Crippen LogP contribution in [0, 0.1) is 5.92 Å². The molecule has 18 heavy (non-hydrogen) atoms. The molecule has 0 aromatic carbocycles. The summed E-state index contributed by atoms with van der Waals surface area (Å²) in [4.78, 5) is 24.2. The molecule has 96 valence electrons. The molecule has 1 aromatic rings. The van der Waals surface area contributed by atoms with Gasteiger partial charge in [0, 0.05) is 37.3 Å². The average Bonchev–Trinajstić information content (AvgIpc) is 2.38. The van der Waals surface area contributed by atoms with Crippen LogP contribution in [0.15, 0.2) is 23.0 Å². The molecule has 0 saturated carbocycles. The lowest BCUT2D eigenvalue weighted by molar-refractivity contribution is -0.134. The van der Waals surface area contributed by atoms with Gasteiger partial charge in [-0.05, 0) is 18.4 Å². The smallest absolute Gasteiger partial charge is 0.294 e. The molecule has 5 nitrogen and oxygen atoms in total. The van der Waals surface area contributed by atoms with Crippen LogP contribution in [-0.4, -0.2) is 35.8 Å². The van der Waals surface area contributed by atoms with Crippen molar-refractivity contribution in [3.63, 3.8) is 0 Å². The van der Waals surface area contributed by atoms with Gasteiger partial charge in [-0.2, -0.15) is 0 Å². The topological polar surface area (TPSA) is 51.5 Å². The number of rotatable bonds is 3. The van der Waals surface area contributed by atoms with Crippen molar-refractivity contribution in [1.82, 2.24) is 9.47 Å². The molecule has 2 aliphatic rings. The monoisotopic (exact) mass is 248 g/mol. The number of nitrogens with zero attached hydrogens (tertiary/aromatic N) is 2. The molecule has 0 amide bonds. The van der Waals surface area contributed by atoms with Crippen molar-refractivity contribution in [1.29, 1.82) is 0 Å². The summed E-state index contributed by atoms with van der Waals surface area (Å²) in [5.41, 5.74) is 1.22. The summed E-state index contributed by atoms with van der Waals surface area (Å²) >= 11 is 0. The second-order valence-electron chi connectivity index (χ2n) is 5.13. The first-order valence-electron chi connectivity index (χ1n) is 6.25. The largest absolute Gasteiger partial charge is 0.452 e. The Morgan fingerprint density at radius 3 is 3.06 bits per heavy atom. The summed E-state index contributed by atoms with van der Waals surface area (Å²) in [7, 11) is 0. The molecule has 1 aromatic heterocycles. The molecule has 0 spiro atoms. The van der Waals surface area contributed by atoms with Gasteiger partial charge < -0.3 is 9.30 Å². The fourth-order valence-electron chi connectivity index (χ4n) is 3.24. The molecule has 2 aliphatic heterocycles. The van der Waals surface area contributed by atoms with Crippen molar-refractivity contribution in [3.8, 4) is 0 Å². The third-order valence-corrected chi connectivity index (χ3v) is 3.88. The lowest BCUT2D eigenvalue weighted by Gasteiger charge is -2.42. The van der Waals surface area contributed by atoms with Crippen LogP contribution < -0.4 is 5.56 Å². The molecule has 2 atom stereocenters. The summed E-state index contributed by atoms with van der Waals surface area (Å²) < 4.78 is 6.73. The highest BCUT2D eigenvalue weighted by atomic mass is 16.5. The zero-order valence-corrected chi connectivity index (χ0v) is 10.1. The lowest BCUT2D eigenvalue weighted by atomic mass is 9.83. The van der Waals surface area contributed by atoms with Crippen LogP contribution >= 0.6 is 0 Å². The standard InChI is InChI=1S/C13H16N2O3/c16-9-18-8-14-5-10-4-11(7-14)12-2-1-3-13(17)15(12)6-10/h1-3,9-11H,4-8H2. The van der Waals surface area contributed by atoms with Gasteiger partial charge >= 0.3 is 0 Å². The predicted octanol–water partition coefficient (Wildman–Crippen LogP) is 0.398. The number of pyridine rings is 1. The van der Waals surface area contributed by atoms with Crippen LogP contribution in [0.25, 0.3) is 0 Å². The van der Waals surface area contributed by atoms with E-state index in [1.165, 1.54) is 0 Å². The van der Waals surface area contributed by atoms with Crippen molar-refractivity contribution in [2.75, 3.05) is 19.8 Å². The second kappa shape index (κ2) is 4.57. The summed E-state index contributed by atoms with van der Waals surface area (Å²) in [6.45, 7) is 3.37. The normalized spacial score (nSPS) is 26.4. The Hall–Kier alpha value is -1.62. The van der Waals surface area contributed by atoms with E-state index in [4.69, 9.17) is 4.74 Å². The molecule has 5 heteroatoms. The molecular weight excluding hydrogens is 232 g/mol. The van der Waals surface area contributed by atoms with Gasteiger partial charge in [-0.1, -0.05) is 6.07 Å². The van der Waals surface area contributed by atoms with Crippen LogP contribution in [0.2, 0.25) is 0 Å². The minimum absolute atomic E-state index is 0.0970. The van der Waals surface area contributed by atoms with E-state index < -0.39 is 0 Å². The number of carbonyl (C=O) groups excluding carboxylic acids is 1. The Labute approximate surface area is 105 Å². The molecule has 1 saturated heterocycles. The van der Waals surface area contributed by atoms with Gasteiger partial charge in [0.25, 0.3) is 12.0 Å². The summed E-state index contributed by atoms with van der Waals surface area (Å²) in [5, 5.41) is 0. The first kappa shape index (κ1) is 11.5. The number of likely N-dealkylation sites (tertiary alicyclic amines) is 1. The number of fused-ring (bicyclic) bond motifs is 4. The van der Waals surface area contributed by atoms with Crippen LogP contribution in [0.4, 0.5) is 0 Å². The van der Waals surface area contributed by atoms with Crippen molar-refractivity contribution >= 4 is 6.47 Å². The summed E-state index contributed by atoms with van der Waals surface area (Å²) in [5.74, 6) is 0.855. The number of hydrogen-bond acceptors (Lipinski definition) is 4. The lowest BCUT2D eigenvalue weighted by Crippen LogP contribution is -2.47. The number of aromatic nitrogens is 1. The van der Waals surface area contributed by atoms with E-state index >= 15 is 0 Å². The van der Waals surface area contributed by atoms with E-state index in [9.17, 15) is 9.59 Å². The van der Waals surface area contributed by atoms with Gasteiger partial charge in [-0.25, -0.2) is 0 Å². The molecule has 3 heterocycles. The number of piperidine rings is 1. The van der Waals surface area contributed by atoms with Crippen LogP contribution in [-0.2, 0) is 16.1 Å². The van der Waals surface area contributed by atoms with E-state index in [1.807, 2.05) is 16.7 Å². The maximum absolute atomic E-state index is 11.8. The highest BCUT2D eigenvalue weighted by Gasteiger charge is 2.34. The Bertz CT molecular complexity index is 511. The molecule has 2 unspecified atom stereocenters. The number of hydrogen-bond donors (Lipinski definition) is 0. The molecule has 0 aliphatic carbocycles. The number of carbonyl (C=O) groups is 1. The van der Waals surface area contributed by atoms with Gasteiger partial charge in [0.1, 0.15) is 6.73 Å². The zero-order chi connectivity index (χ0) is 12.5. The fourth-order valence-corrected chi connectivity index (χ4v) is 3.24. The summed E-state index contributed by atoms with van der Waals surface area (Å²) in [6.07, 6.45) is 1.13. The van der Waals surface area contributed by atoms with E-state index in [-0.39, 0.29) is 5.56 Å². The van der Waals surface area contributed by atoms with Crippen molar-refractivity contribution in [3.05, 3.63) is 34.2 Å². The maximum atomic E-state index is 11.8. The Kier molecular flexibility index (Phi) is 2.91. The highest BCUT2D eigenvalue weighted by molar-refractivity contribution is 5.36. The minimum atomic E-state index is 0.0970. The highest BCUT2D eigenvalue weighted by Crippen LogP contribution is 2.34. The van der Waals surface area contributed by atoms with Crippen LogP contribution in [0.5, 0.6) is 0 Å². The van der Waals surface area contributed by atoms with Gasteiger partial charge in [-0.15, -0.1) is 0 Å². The molecule has 1 fully saturated rings. The fraction of sp³-hybridized carbons (Fsp3) is 0.538. The first-order chi connectivity index (χ1) is 8.78. The maximum Gasteiger partial charge on any atom is 0.294 e.